The van der Waals surface area contributed by atoms with E-state index in [-0.39, 0.29) is 17.7 Å². The zero-order valence-corrected chi connectivity index (χ0v) is 15.3. The molecule has 1 aliphatic rings. The summed E-state index contributed by atoms with van der Waals surface area (Å²) in [4.78, 5) is 27.9. The van der Waals surface area contributed by atoms with Crippen LogP contribution < -0.4 is 4.90 Å². The zero-order valence-electron chi connectivity index (χ0n) is 15.3. The van der Waals surface area contributed by atoms with E-state index in [1.54, 1.807) is 36.0 Å². The third-order valence-electron chi connectivity index (χ3n) is 4.87. The van der Waals surface area contributed by atoms with Crippen LogP contribution >= 0.6 is 0 Å². The minimum atomic E-state index is -0.182. The Balaban J connectivity index is 1.70. The number of nitrogens with zero attached hydrogens (tertiary/aromatic N) is 4. The topological polar surface area (TPSA) is 58.4 Å². The van der Waals surface area contributed by atoms with Gasteiger partial charge in [0.25, 0.3) is 5.91 Å². The van der Waals surface area contributed by atoms with E-state index in [2.05, 4.69) is 11.7 Å². The summed E-state index contributed by atoms with van der Waals surface area (Å²) in [5.74, 6) is 0.123. The summed E-state index contributed by atoms with van der Waals surface area (Å²) in [6.45, 7) is 4.94. The Labute approximate surface area is 153 Å². The molecular weight excluding hydrogens is 328 g/mol. The molecule has 1 saturated heterocycles. The number of likely N-dealkylation sites (tertiary alicyclic amines) is 1. The predicted octanol–water partition coefficient (Wildman–Crippen LogP) is 2.59. The van der Waals surface area contributed by atoms with Gasteiger partial charge in [-0.3, -0.25) is 14.3 Å². The van der Waals surface area contributed by atoms with Gasteiger partial charge in [-0.05, 0) is 49.2 Å². The Morgan fingerprint density at radius 1 is 1.27 bits per heavy atom. The van der Waals surface area contributed by atoms with Gasteiger partial charge in [0.2, 0.25) is 5.91 Å². The molecule has 2 aromatic rings. The molecule has 1 fully saturated rings. The largest absolute Gasteiger partial charge is 0.338 e. The van der Waals surface area contributed by atoms with Crippen molar-refractivity contribution in [2.45, 2.75) is 18.8 Å². The first kappa shape index (κ1) is 17.9. The van der Waals surface area contributed by atoms with Crippen molar-refractivity contribution in [3.05, 3.63) is 60.4 Å². The molecule has 6 nitrogen and oxygen atoms in total. The summed E-state index contributed by atoms with van der Waals surface area (Å²) in [6.07, 6.45) is 5.23. The Bertz CT molecular complexity index is 809. The molecule has 2 heterocycles. The number of rotatable bonds is 4. The second-order valence-corrected chi connectivity index (χ2v) is 6.65. The van der Waals surface area contributed by atoms with Crippen molar-refractivity contribution in [1.82, 2.24) is 14.7 Å². The molecule has 1 aromatic heterocycles. The smallest absolute Gasteiger partial charge is 0.253 e. The molecule has 2 amide bonds. The Hall–Kier alpha value is -2.89. The van der Waals surface area contributed by atoms with E-state index in [1.807, 2.05) is 24.2 Å². The summed E-state index contributed by atoms with van der Waals surface area (Å²) >= 11 is 0. The molecule has 1 unspecified atom stereocenters. The lowest BCUT2D eigenvalue weighted by Gasteiger charge is -2.32. The lowest BCUT2D eigenvalue weighted by atomic mass is 9.94. The summed E-state index contributed by atoms with van der Waals surface area (Å²) in [6, 6.07) is 9.15. The molecule has 0 spiro atoms. The number of carbonyl (C=O) groups is 2. The van der Waals surface area contributed by atoms with E-state index in [9.17, 15) is 9.59 Å². The maximum Gasteiger partial charge on any atom is 0.253 e. The van der Waals surface area contributed by atoms with Crippen LogP contribution in [0.2, 0.25) is 0 Å². The number of likely N-dealkylation sites (N-methyl/N-ethyl adjacent to an activating group) is 1. The lowest BCUT2D eigenvalue weighted by Crippen LogP contribution is -2.39. The van der Waals surface area contributed by atoms with E-state index in [4.69, 9.17) is 0 Å². The van der Waals surface area contributed by atoms with Gasteiger partial charge in [0.05, 0.1) is 5.69 Å². The average Bonchev–Trinajstić information content (AvgIpc) is 3.13. The van der Waals surface area contributed by atoms with Crippen LogP contribution in [0.5, 0.6) is 0 Å². The van der Waals surface area contributed by atoms with Gasteiger partial charge in [-0.15, -0.1) is 0 Å². The van der Waals surface area contributed by atoms with Crippen LogP contribution in [0.3, 0.4) is 0 Å². The number of aryl methyl sites for hydroxylation is 1. The van der Waals surface area contributed by atoms with Gasteiger partial charge in [-0.25, -0.2) is 0 Å². The van der Waals surface area contributed by atoms with Gasteiger partial charge in [-0.2, -0.15) is 5.10 Å². The third kappa shape index (κ3) is 3.69. The minimum Gasteiger partial charge on any atom is -0.338 e. The molecule has 0 aliphatic carbocycles. The fourth-order valence-corrected chi connectivity index (χ4v) is 3.33. The first-order valence-corrected chi connectivity index (χ1v) is 8.78. The number of amides is 2. The fraction of sp³-hybridized carbons (Fsp3) is 0.350. The number of anilines is 1. The maximum atomic E-state index is 12.9. The van der Waals surface area contributed by atoms with Crippen molar-refractivity contribution in [1.29, 1.82) is 0 Å². The van der Waals surface area contributed by atoms with Crippen molar-refractivity contribution in [3.63, 3.8) is 0 Å². The summed E-state index contributed by atoms with van der Waals surface area (Å²) in [7, 11) is 3.59. The highest BCUT2D eigenvalue weighted by molar-refractivity contribution is 6.01. The summed E-state index contributed by atoms with van der Waals surface area (Å²) in [5.41, 5.74) is 2.41. The van der Waals surface area contributed by atoms with Crippen molar-refractivity contribution in [2.24, 2.45) is 7.05 Å². The molecular formula is C20H24N4O2. The van der Waals surface area contributed by atoms with Gasteiger partial charge in [0.1, 0.15) is 0 Å². The Morgan fingerprint density at radius 2 is 2.00 bits per heavy atom. The van der Waals surface area contributed by atoms with Gasteiger partial charge < -0.3 is 9.80 Å². The second-order valence-electron chi connectivity index (χ2n) is 6.65. The SMILES string of the molecule is C=CC(=O)N(C)c1ccc(C(=O)N2CCCC(c3ccn(C)n3)C2)cc1. The monoisotopic (exact) mass is 352 g/mol. The quantitative estimate of drug-likeness (QED) is 0.795. The number of aromatic nitrogens is 2. The van der Waals surface area contributed by atoms with Gasteiger partial charge in [-0.1, -0.05) is 6.58 Å². The second kappa shape index (κ2) is 7.56. The van der Waals surface area contributed by atoms with Crippen molar-refractivity contribution in [3.8, 4) is 0 Å². The van der Waals surface area contributed by atoms with E-state index in [1.165, 1.54) is 11.0 Å². The predicted molar refractivity (Wildman–Crippen MR) is 101 cm³/mol. The fourth-order valence-electron chi connectivity index (χ4n) is 3.33. The van der Waals surface area contributed by atoms with Crippen LogP contribution in [-0.4, -0.2) is 46.6 Å². The maximum absolute atomic E-state index is 12.9. The Kier molecular flexibility index (Phi) is 5.21. The van der Waals surface area contributed by atoms with Crippen LogP contribution in [0.4, 0.5) is 5.69 Å². The van der Waals surface area contributed by atoms with Crippen LogP contribution in [0.1, 0.15) is 34.8 Å². The molecule has 26 heavy (non-hydrogen) atoms. The molecule has 3 rings (SSSR count). The molecule has 0 N–H and O–H groups in total. The summed E-state index contributed by atoms with van der Waals surface area (Å²) in [5, 5.41) is 4.49. The first-order valence-electron chi connectivity index (χ1n) is 8.78. The number of benzene rings is 1. The molecule has 6 heteroatoms. The molecule has 0 bridgehead atoms. The Morgan fingerprint density at radius 3 is 2.62 bits per heavy atom. The summed E-state index contributed by atoms with van der Waals surface area (Å²) < 4.78 is 1.80. The van der Waals surface area contributed by atoms with E-state index < -0.39 is 0 Å². The zero-order chi connectivity index (χ0) is 18.7. The minimum absolute atomic E-state index is 0.0230. The molecule has 136 valence electrons. The number of hydrogen-bond acceptors (Lipinski definition) is 3. The van der Waals surface area contributed by atoms with E-state index in [0.717, 1.165) is 30.8 Å². The lowest BCUT2D eigenvalue weighted by molar-refractivity contribution is -0.113. The highest BCUT2D eigenvalue weighted by atomic mass is 16.2. The molecule has 0 radical (unpaired) electrons. The number of hydrogen-bond donors (Lipinski definition) is 0. The standard InChI is InChI=1S/C20H24N4O2/c1-4-19(25)23(3)17-9-7-15(8-10-17)20(26)24-12-5-6-16(14-24)18-11-13-22(2)21-18/h4,7-11,13,16H,1,5-6,12,14H2,2-3H3. The van der Waals surface area contributed by atoms with Crippen LogP contribution in [0.25, 0.3) is 0 Å². The van der Waals surface area contributed by atoms with Crippen molar-refractivity contribution in [2.75, 3.05) is 25.0 Å². The van der Waals surface area contributed by atoms with Crippen LogP contribution in [0.15, 0.2) is 49.2 Å². The van der Waals surface area contributed by atoms with Gasteiger partial charge in [0, 0.05) is 50.6 Å². The van der Waals surface area contributed by atoms with Crippen LogP contribution in [0, 0.1) is 0 Å². The highest BCUT2D eigenvalue weighted by Crippen LogP contribution is 2.27. The normalized spacial score (nSPS) is 17.0. The van der Waals surface area contributed by atoms with E-state index in [0.29, 0.717) is 12.1 Å². The molecule has 1 aliphatic heterocycles. The van der Waals surface area contributed by atoms with Crippen LogP contribution in [-0.2, 0) is 11.8 Å². The average molecular weight is 352 g/mol. The van der Waals surface area contributed by atoms with Crippen molar-refractivity contribution < 1.29 is 9.59 Å². The third-order valence-corrected chi connectivity index (χ3v) is 4.87. The van der Waals surface area contributed by atoms with Crippen molar-refractivity contribution >= 4 is 17.5 Å². The van der Waals surface area contributed by atoms with Gasteiger partial charge >= 0.3 is 0 Å². The molecule has 0 saturated carbocycles. The first-order chi connectivity index (χ1) is 12.5. The van der Waals surface area contributed by atoms with Gasteiger partial charge in [0.15, 0.2) is 0 Å². The number of piperidine rings is 1. The number of carbonyl (C=O) groups excluding carboxylic acids is 2. The molecule has 1 atom stereocenters. The van der Waals surface area contributed by atoms with E-state index >= 15 is 0 Å². The highest BCUT2D eigenvalue weighted by Gasteiger charge is 2.26. The molecule has 1 aromatic carbocycles.